The van der Waals surface area contributed by atoms with Gasteiger partial charge in [0.05, 0.1) is 20.2 Å². The summed E-state index contributed by atoms with van der Waals surface area (Å²) in [5.74, 6) is 0.611. The van der Waals surface area contributed by atoms with E-state index in [0.717, 1.165) is 16.8 Å². The van der Waals surface area contributed by atoms with Crippen LogP contribution in [0.2, 0.25) is 0 Å². The number of nitro benzene ring substituents is 2. The third kappa shape index (κ3) is 3.46. The number of benzene rings is 3. The van der Waals surface area contributed by atoms with E-state index in [1.807, 2.05) is 30.5 Å². The normalized spacial score (nSPS) is 19.2. The van der Waals surface area contributed by atoms with Crippen molar-refractivity contribution in [3.05, 3.63) is 104 Å². The summed E-state index contributed by atoms with van der Waals surface area (Å²) in [7, 11) is 0. The largest absolute Gasteiger partial charge is 0.462 e. The zero-order valence-electron chi connectivity index (χ0n) is 19.4. The highest BCUT2D eigenvalue weighted by Crippen LogP contribution is 2.56. The molecule has 0 fully saturated rings. The molecule has 5 rings (SSSR count). The summed E-state index contributed by atoms with van der Waals surface area (Å²) in [5, 5.41) is 22.6. The van der Waals surface area contributed by atoms with Gasteiger partial charge in [-0.1, -0.05) is 30.3 Å². The Hall–Kier alpha value is -3.85. The molecular weight excluding hydrogens is 466 g/mol. The van der Waals surface area contributed by atoms with Crippen molar-refractivity contribution in [1.82, 2.24) is 0 Å². The molecule has 0 radical (unpaired) electrons. The van der Waals surface area contributed by atoms with Gasteiger partial charge in [-0.2, -0.15) is 0 Å². The maximum Gasteiger partial charge on any atom is 0.271 e. The van der Waals surface area contributed by atoms with Gasteiger partial charge < -0.3 is 9.64 Å². The Balaban J connectivity index is 1.65. The molecule has 1 unspecified atom stereocenters. The average Bonchev–Trinajstić information content (AvgIpc) is 3.02. The van der Waals surface area contributed by atoms with Gasteiger partial charge in [-0.25, -0.2) is 0 Å². The van der Waals surface area contributed by atoms with E-state index >= 15 is 0 Å². The van der Waals surface area contributed by atoms with E-state index in [0.29, 0.717) is 22.8 Å². The lowest BCUT2D eigenvalue weighted by molar-refractivity contribution is -0.385. The Morgan fingerprint density at radius 2 is 1.66 bits per heavy atom. The number of ether oxygens (including phenoxy) is 1. The lowest BCUT2D eigenvalue weighted by Gasteiger charge is -2.47. The highest BCUT2D eigenvalue weighted by molar-refractivity contribution is 7.98. The second-order valence-electron chi connectivity index (χ2n) is 9.11. The molecule has 1 atom stereocenters. The van der Waals surface area contributed by atoms with Crippen LogP contribution in [0.1, 0.15) is 30.5 Å². The van der Waals surface area contributed by atoms with Gasteiger partial charge in [-0.15, -0.1) is 11.8 Å². The Morgan fingerprint density at radius 3 is 2.31 bits per heavy atom. The first-order valence-electron chi connectivity index (χ1n) is 11.0. The van der Waals surface area contributed by atoms with Crippen molar-refractivity contribution in [3.63, 3.8) is 0 Å². The molecule has 2 heterocycles. The number of thioether (sulfide) groups is 1. The Bertz CT molecular complexity index is 1390. The minimum Gasteiger partial charge on any atom is -0.462 e. The third-order valence-electron chi connectivity index (χ3n) is 6.90. The second-order valence-corrected chi connectivity index (χ2v) is 9.96. The van der Waals surface area contributed by atoms with E-state index < -0.39 is 21.0 Å². The molecule has 9 heteroatoms. The van der Waals surface area contributed by atoms with Crippen molar-refractivity contribution < 1.29 is 14.6 Å². The van der Waals surface area contributed by atoms with E-state index in [1.54, 1.807) is 18.2 Å². The number of hydrogen-bond acceptors (Lipinski definition) is 7. The molecule has 0 aromatic heterocycles. The van der Waals surface area contributed by atoms with Gasteiger partial charge in [-0.3, -0.25) is 20.2 Å². The van der Waals surface area contributed by atoms with Gasteiger partial charge >= 0.3 is 0 Å². The molecule has 0 aliphatic carbocycles. The van der Waals surface area contributed by atoms with Crippen LogP contribution in [-0.4, -0.2) is 21.8 Å². The smallest absolute Gasteiger partial charge is 0.271 e. The number of anilines is 1. The van der Waals surface area contributed by atoms with Crippen LogP contribution in [0.5, 0.6) is 5.75 Å². The molecule has 0 bridgehead atoms. The standard InChI is InChI=1S/C26H23N3O5S/c1-25(2)21-6-4-5-7-22(21)27(16-17-8-10-19(11-9-17)28(30)31)26(25)13-12-18-14-20(29(32)33)15-23(35-3)24(18)34-26/h4-15H,16H2,1-3H3. The highest BCUT2D eigenvalue weighted by atomic mass is 32.2. The van der Waals surface area contributed by atoms with Crippen molar-refractivity contribution in [2.75, 3.05) is 11.2 Å². The molecule has 0 amide bonds. The van der Waals surface area contributed by atoms with Crippen molar-refractivity contribution in [3.8, 4) is 5.75 Å². The van der Waals surface area contributed by atoms with Crippen molar-refractivity contribution >= 4 is 34.9 Å². The van der Waals surface area contributed by atoms with Gasteiger partial charge in [0.15, 0.2) is 0 Å². The van der Waals surface area contributed by atoms with E-state index in [4.69, 9.17) is 4.74 Å². The van der Waals surface area contributed by atoms with E-state index in [1.165, 1.54) is 30.0 Å². The highest BCUT2D eigenvalue weighted by Gasteiger charge is 2.59. The van der Waals surface area contributed by atoms with Crippen LogP contribution in [-0.2, 0) is 12.0 Å². The lowest BCUT2D eigenvalue weighted by atomic mass is 9.76. The van der Waals surface area contributed by atoms with Gasteiger partial charge in [-0.05, 0) is 49.4 Å². The maximum atomic E-state index is 11.5. The summed E-state index contributed by atoms with van der Waals surface area (Å²) in [6.07, 6.45) is 5.76. The molecule has 178 valence electrons. The Labute approximate surface area is 206 Å². The molecule has 3 aromatic rings. The lowest BCUT2D eigenvalue weighted by Crippen LogP contribution is -2.59. The maximum absolute atomic E-state index is 11.5. The minimum atomic E-state index is -0.911. The SMILES string of the molecule is CSc1cc([N+](=O)[O-])cc2c1OC1(C=C2)N(Cc2ccc([N+](=O)[O-])cc2)c2ccccc2C1(C)C. The molecule has 2 aliphatic heterocycles. The number of fused-ring (bicyclic) bond motifs is 2. The van der Waals surface area contributed by atoms with E-state index in [9.17, 15) is 20.2 Å². The van der Waals surface area contributed by atoms with Crippen molar-refractivity contribution in [1.29, 1.82) is 0 Å². The molecule has 2 aliphatic rings. The fraction of sp³-hybridized carbons (Fsp3) is 0.231. The van der Waals surface area contributed by atoms with Crippen LogP contribution in [0.3, 0.4) is 0 Å². The number of nitrogens with zero attached hydrogens (tertiary/aromatic N) is 3. The predicted molar refractivity (Wildman–Crippen MR) is 136 cm³/mol. The average molecular weight is 490 g/mol. The van der Waals surface area contributed by atoms with Crippen LogP contribution >= 0.6 is 11.8 Å². The zero-order valence-corrected chi connectivity index (χ0v) is 20.2. The van der Waals surface area contributed by atoms with Gasteiger partial charge in [0.1, 0.15) is 5.75 Å². The topological polar surface area (TPSA) is 98.8 Å². The first-order valence-corrected chi connectivity index (χ1v) is 12.3. The molecule has 1 spiro atoms. The predicted octanol–water partition coefficient (Wildman–Crippen LogP) is 6.32. The molecule has 3 aromatic carbocycles. The van der Waals surface area contributed by atoms with E-state index in [2.05, 4.69) is 30.9 Å². The fourth-order valence-corrected chi connectivity index (χ4v) is 5.61. The van der Waals surface area contributed by atoms with Crippen LogP contribution in [0.15, 0.2) is 71.6 Å². The molecule has 0 saturated heterocycles. The molecular formula is C26H23N3O5S. The summed E-state index contributed by atoms with van der Waals surface area (Å²) in [6, 6.07) is 17.7. The summed E-state index contributed by atoms with van der Waals surface area (Å²) in [5.41, 5.74) is 2.37. The molecule has 0 N–H and O–H groups in total. The monoisotopic (exact) mass is 489 g/mol. The number of para-hydroxylation sites is 1. The molecule has 35 heavy (non-hydrogen) atoms. The van der Waals surface area contributed by atoms with Crippen molar-refractivity contribution in [2.24, 2.45) is 0 Å². The first-order chi connectivity index (χ1) is 16.7. The van der Waals surface area contributed by atoms with Crippen LogP contribution in [0.4, 0.5) is 17.1 Å². The fourth-order valence-electron chi connectivity index (χ4n) is 5.03. The van der Waals surface area contributed by atoms with Gasteiger partial charge in [0.2, 0.25) is 5.72 Å². The molecule has 8 nitrogen and oxygen atoms in total. The van der Waals surface area contributed by atoms with E-state index in [-0.39, 0.29) is 11.4 Å². The summed E-state index contributed by atoms with van der Waals surface area (Å²) < 4.78 is 6.87. The summed E-state index contributed by atoms with van der Waals surface area (Å²) >= 11 is 1.40. The summed E-state index contributed by atoms with van der Waals surface area (Å²) in [6.45, 7) is 4.71. The number of non-ortho nitro benzene ring substituents is 2. The quantitative estimate of drug-likeness (QED) is 0.235. The Kier molecular flexibility index (Phi) is 5.32. The van der Waals surface area contributed by atoms with Crippen LogP contribution in [0, 0.1) is 20.2 Å². The Morgan fingerprint density at radius 1 is 0.971 bits per heavy atom. The summed E-state index contributed by atoms with van der Waals surface area (Å²) in [4.78, 5) is 24.6. The third-order valence-corrected chi connectivity index (χ3v) is 7.64. The number of hydrogen-bond donors (Lipinski definition) is 0. The van der Waals surface area contributed by atoms with Crippen LogP contribution in [0.25, 0.3) is 6.08 Å². The van der Waals surface area contributed by atoms with Gasteiger partial charge in [0.25, 0.3) is 11.4 Å². The number of nitro groups is 2. The first kappa shape index (κ1) is 22.9. The van der Waals surface area contributed by atoms with Crippen molar-refractivity contribution in [2.45, 2.75) is 36.4 Å². The zero-order chi connectivity index (χ0) is 25.0. The number of rotatable bonds is 5. The second kappa shape index (κ2) is 8.13. The minimum absolute atomic E-state index is 0.0222. The van der Waals surface area contributed by atoms with Crippen LogP contribution < -0.4 is 9.64 Å². The molecule has 0 saturated carbocycles. The van der Waals surface area contributed by atoms with Gasteiger partial charge in [0, 0.05) is 42.1 Å².